The van der Waals surface area contributed by atoms with Crippen LogP contribution in [0.2, 0.25) is 5.02 Å². The third-order valence-corrected chi connectivity index (χ3v) is 7.28. The lowest BCUT2D eigenvalue weighted by Crippen LogP contribution is -2.38. The summed E-state index contributed by atoms with van der Waals surface area (Å²) in [7, 11) is -3.99. The number of carbonyl (C=O) groups is 1. The van der Waals surface area contributed by atoms with Gasteiger partial charge in [-0.3, -0.25) is 9.10 Å². The number of halogens is 1. The topological polar surface area (TPSA) is 66.5 Å². The highest BCUT2D eigenvalue weighted by Crippen LogP contribution is 2.27. The number of benzene rings is 3. The Labute approximate surface area is 195 Å². The molecule has 0 spiro atoms. The van der Waals surface area contributed by atoms with Crippen molar-refractivity contribution >= 4 is 38.9 Å². The zero-order valence-corrected chi connectivity index (χ0v) is 20.0. The minimum Gasteiger partial charge on any atom is -0.324 e. The van der Waals surface area contributed by atoms with Crippen molar-refractivity contribution in [3.05, 3.63) is 88.4 Å². The van der Waals surface area contributed by atoms with Crippen LogP contribution in [0.3, 0.4) is 0 Å². The first-order valence-electron chi connectivity index (χ1n) is 10.5. The highest BCUT2D eigenvalue weighted by Gasteiger charge is 2.27. The van der Waals surface area contributed by atoms with Crippen molar-refractivity contribution in [2.75, 3.05) is 16.2 Å². The SMILES string of the molecule is CCc1cccc(CC)c1NC(=O)CN(c1cccc(Cl)c1)S(=O)(=O)c1ccc(C)cc1. The van der Waals surface area contributed by atoms with Gasteiger partial charge >= 0.3 is 0 Å². The molecule has 0 saturated carbocycles. The highest BCUT2D eigenvalue weighted by molar-refractivity contribution is 7.92. The summed E-state index contributed by atoms with van der Waals surface area (Å²) in [5.41, 5.74) is 4.04. The summed E-state index contributed by atoms with van der Waals surface area (Å²) in [6.07, 6.45) is 1.51. The number of carbonyl (C=O) groups excluding carboxylic acids is 1. The van der Waals surface area contributed by atoms with E-state index < -0.39 is 15.9 Å². The maximum Gasteiger partial charge on any atom is 0.264 e. The summed E-state index contributed by atoms with van der Waals surface area (Å²) in [5, 5.41) is 3.34. The smallest absolute Gasteiger partial charge is 0.264 e. The Balaban J connectivity index is 1.99. The third-order valence-electron chi connectivity index (χ3n) is 5.26. The molecule has 0 saturated heterocycles. The molecule has 0 atom stereocenters. The molecule has 1 N–H and O–H groups in total. The minimum absolute atomic E-state index is 0.110. The van der Waals surface area contributed by atoms with Crippen LogP contribution in [0.15, 0.2) is 71.6 Å². The second-order valence-electron chi connectivity index (χ2n) is 7.51. The number of hydrogen-bond donors (Lipinski definition) is 1. The molecule has 3 aromatic carbocycles. The van der Waals surface area contributed by atoms with Crippen LogP contribution in [0.4, 0.5) is 11.4 Å². The van der Waals surface area contributed by atoms with Crippen molar-refractivity contribution in [3.8, 4) is 0 Å². The van der Waals surface area contributed by atoms with Gasteiger partial charge in [-0.15, -0.1) is 0 Å². The molecule has 3 aromatic rings. The fraction of sp³-hybridized carbons (Fsp3) is 0.240. The molecule has 0 fully saturated rings. The second kappa shape index (κ2) is 10.2. The molecule has 0 aromatic heterocycles. The molecule has 168 valence electrons. The molecule has 5 nitrogen and oxygen atoms in total. The minimum atomic E-state index is -3.99. The molecule has 0 unspecified atom stereocenters. The van der Waals surface area contributed by atoms with E-state index in [9.17, 15) is 13.2 Å². The van der Waals surface area contributed by atoms with Crippen LogP contribution in [0.25, 0.3) is 0 Å². The van der Waals surface area contributed by atoms with Gasteiger partial charge in [0, 0.05) is 10.7 Å². The molecule has 0 aliphatic heterocycles. The van der Waals surface area contributed by atoms with Crippen molar-refractivity contribution in [2.45, 2.75) is 38.5 Å². The van der Waals surface area contributed by atoms with Gasteiger partial charge in [-0.2, -0.15) is 0 Å². The molecule has 32 heavy (non-hydrogen) atoms. The van der Waals surface area contributed by atoms with Crippen LogP contribution in [0, 0.1) is 6.92 Å². The Hall–Kier alpha value is -2.83. The maximum atomic E-state index is 13.5. The zero-order valence-electron chi connectivity index (χ0n) is 18.4. The monoisotopic (exact) mass is 470 g/mol. The van der Waals surface area contributed by atoms with Gasteiger partial charge < -0.3 is 5.32 Å². The third kappa shape index (κ3) is 5.31. The van der Waals surface area contributed by atoms with Crippen LogP contribution in [-0.2, 0) is 27.7 Å². The average molecular weight is 471 g/mol. The Morgan fingerprint density at radius 3 is 2.09 bits per heavy atom. The van der Waals surface area contributed by atoms with E-state index in [1.165, 1.54) is 6.07 Å². The lowest BCUT2D eigenvalue weighted by atomic mass is 10.0. The molecule has 0 aliphatic carbocycles. The van der Waals surface area contributed by atoms with E-state index in [1.54, 1.807) is 42.5 Å². The van der Waals surface area contributed by atoms with Gasteiger partial charge in [0.2, 0.25) is 5.91 Å². The average Bonchev–Trinajstić information content (AvgIpc) is 2.77. The Kier molecular flexibility index (Phi) is 7.59. The van der Waals surface area contributed by atoms with Crippen molar-refractivity contribution < 1.29 is 13.2 Å². The van der Waals surface area contributed by atoms with Crippen molar-refractivity contribution in [1.82, 2.24) is 0 Å². The normalized spacial score (nSPS) is 11.2. The number of nitrogens with zero attached hydrogens (tertiary/aromatic N) is 1. The number of para-hydroxylation sites is 1. The predicted molar refractivity (Wildman–Crippen MR) is 131 cm³/mol. The Bertz CT molecular complexity index is 1190. The zero-order chi connectivity index (χ0) is 23.3. The molecule has 0 radical (unpaired) electrons. The molecule has 7 heteroatoms. The molecule has 1 amide bonds. The van der Waals surface area contributed by atoms with Crippen LogP contribution in [0.5, 0.6) is 0 Å². The summed E-state index contributed by atoms with van der Waals surface area (Å²) < 4.78 is 28.1. The van der Waals surface area contributed by atoms with Gasteiger partial charge in [0.05, 0.1) is 10.6 Å². The standard InChI is InChI=1S/C25H27ClN2O3S/c1-4-19-8-6-9-20(5-2)25(19)27-24(29)17-28(22-11-7-10-21(26)16-22)32(30,31)23-14-12-18(3)13-15-23/h6-16H,4-5,17H2,1-3H3,(H,27,29). The summed E-state index contributed by atoms with van der Waals surface area (Å²) >= 11 is 6.13. The molecular formula is C25H27ClN2O3S. The summed E-state index contributed by atoms with van der Waals surface area (Å²) in [5.74, 6) is -0.420. The number of anilines is 2. The van der Waals surface area contributed by atoms with Crippen molar-refractivity contribution in [1.29, 1.82) is 0 Å². The summed E-state index contributed by atoms with van der Waals surface area (Å²) in [4.78, 5) is 13.2. The Morgan fingerprint density at radius 1 is 0.938 bits per heavy atom. The lowest BCUT2D eigenvalue weighted by Gasteiger charge is -2.25. The van der Waals surface area contributed by atoms with Gasteiger partial charge in [0.25, 0.3) is 10.0 Å². The van der Waals surface area contributed by atoms with Gasteiger partial charge in [-0.1, -0.05) is 67.4 Å². The fourth-order valence-corrected chi connectivity index (χ4v) is 5.09. The van der Waals surface area contributed by atoms with E-state index in [1.807, 2.05) is 39.0 Å². The van der Waals surface area contributed by atoms with Crippen molar-refractivity contribution in [3.63, 3.8) is 0 Å². The molecular weight excluding hydrogens is 444 g/mol. The lowest BCUT2D eigenvalue weighted by molar-refractivity contribution is -0.114. The van der Waals surface area contributed by atoms with Crippen LogP contribution >= 0.6 is 11.6 Å². The first kappa shape index (κ1) is 23.8. The molecule has 3 rings (SSSR count). The maximum absolute atomic E-state index is 13.5. The van der Waals surface area contributed by atoms with E-state index in [2.05, 4.69) is 5.32 Å². The highest BCUT2D eigenvalue weighted by atomic mass is 35.5. The summed E-state index contributed by atoms with van der Waals surface area (Å²) in [6.45, 7) is 5.54. The number of hydrogen-bond acceptors (Lipinski definition) is 3. The van der Waals surface area contributed by atoms with Gasteiger partial charge in [0.1, 0.15) is 6.54 Å². The second-order valence-corrected chi connectivity index (χ2v) is 9.81. The summed E-state index contributed by atoms with van der Waals surface area (Å²) in [6, 6.07) is 18.9. The number of sulfonamides is 1. The first-order chi connectivity index (χ1) is 15.3. The predicted octanol–water partition coefficient (Wildman–Crippen LogP) is 5.61. The molecule has 0 heterocycles. The fourth-order valence-electron chi connectivity index (χ4n) is 3.50. The van der Waals surface area contributed by atoms with E-state index in [-0.39, 0.29) is 11.4 Å². The number of nitrogens with one attached hydrogen (secondary N) is 1. The number of rotatable bonds is 8. The molecule has 0 bridgehead atoms. The number of amides is 1. The van der Waals surface area contributed by atoms with Gasteiger partial charge in [0.15, 0.2) is 0 Å². The number of aryl methyl sites for hydroxylation is 3. The van der Waals surface area contributed by atoms with E-state index >= 15 is 0 Å². The van der Waals surface area contributed by atoms with Crippen LogP contribution in [-0.4, -0.2) is 20.9 Å². The quantitative estimate of drug-likeness (QED) is 0.465. The van der Waals surface area contributed by atoms with E-state index in [4.69, 9.17) is 11.6 Å². The van der Waals surface area contributed by atoms with E-state index in [0.717, 1.165) is 39.5 Å². The molecule has 0 aliphatic rings. The Morgan fingerprint density at radius 2 is 1.53 bits per heavy atom. The van der Waals surface area contributed by atoms with E-state index in [0.29, 0.717) is 10.7 Å². The van der Waals surface area contributed by atoms with Crippen LogP contribution in [0.1, 0.15) is 30.5 Å². The van der Waals surface area contributed by atoms with Gasteiger partial charge in [-0.05, 0) is 61.2 Å². The van der Waals surface area contributed by atoms with Crippen LogP contribution < -0.4 is 9.62 Å². The first-order valence-corrected chi connectivity index (χ1v) is 12.3. The van der Waals surface area contributed by atoms with Crippen molar-refractivity contribution in [2.24, 2.45) is 0 Å². The van der Waals surface area contributed by atoms with Gasteiger partial charge in [-0.25, -0.2) is 8.42 Å². The largest absolute Gasteiger partial charge is 0.324 e.